The third-order valence-electron chi connectivity index (χ3n) is 8.35. The molecule has 36 heavy (non-hydrogen) atoms. The second kappa shape index (κ2) is 9.53. The van der Waals surface area contributed by atoms with Crippen molar-refractivity contribution < 1.29 is 13.9 Å². The SMILES string of the molecule is O=C(OCc1ccccc1)N1CCC(C2([C@@H]3Cc4ccccc4C(c4ccc(F)cc4)=N3)CC2)CC1. The van der Waals surface area contributed by atoms with Crippen molar-refractivity contribution in [3.05, 3.63) is 107 Å². The lowest BCUT2D eigenvalue weighted by molar-refractivity contribution is 0.0698. The lowest BCUT2D eigenvalue weighted by atomic mass is 9.73. The molecular weight excluding hydrogens is 451 g/mol. The molecule has 1 aliphatic carbocycles. The zero-order chi connectivity index (χ0) is 24.5. The molecule has 6 rings (SSSR count). The number of likely N-dealkylation sites (tertiary alicyclic amines) is 1. The molecule has 1 saturated carbocycles. The van der Waals surface area contributed by atoms with Crippen LogP contribution in [-0.4, -0.2) is 35.8 Å². The smallest absolute Gasteiger partial charge is 0.410 e. The minimum atomic E-state index is -0.229. The highest BCUT2D eigenvalue weighted by molar-refractivity contribution is 6.14. The van der Waals surface area contributed by atoms with Crippen LogP contribution in [0.2, 0.25) is 0 Å². The number of carbonyl (C=O) groups excluding carboxylic acids is 1. The summed E-state index contributed by atoms with van der Waals surface area (Å²) in [5, 5.41) is 0. The van der Waals surface area contributed by atoms with Gasteiger partial charge in [0.1, 0.15) is 12.4 Å². The van der Waals surface area contributed by atoms with Crippen LogP contribution >= 0.6 is 0 Å². The van der Waals surface area contributed by atoms with E-state index in [0.29, 0.717) is 12.5 Å². The number of hydrogen-bond donors (Lipinski definition) is 0. The molecule has 1 saturated heterocycles. The number of hydrogen-bond acceptors (Lipinski definition) is 3. The molecule has 3 aromatic rings. The van der Waals surface area contributed by atoms with Gasteiger partial charge in [0.05, 0.1) is 11.8 Å². The van der Waals surface area contributed by atoms with E-state index >= 15 is 0 Å². The Bertz CT molecular complexity index is 1260. The van der Waals surface area contributed by atoms with Gasteiger partial charge < -0.3 is 9.64 Å². The molecule has 0 unspecified atom stereocenters. The molecular formula is C31H31FN2O2. The van der Waals surface area contributed by atoms with Gasteiger partial charge in [0.15, 0.2) is 0 Å². The summed E-state index contributed by atoms with van der Waals surface area (Å²) in [6.45, 7) is 1.78. The molecule has 2 heterocycles. The van der Waals surface area contributed by atoms with Crippen molar-refractivity contribution >= 4 is 11.8 Å². The second-order valence-corrected chi connectivity index (χ2v) is 10.4. The van der Waals surface area contributed by atoms with Crippen LogP contribution in [-0.2, 0) is 17.8 Å². The number of ether oxygens (including phenoxy) is 1. The molecule has 2 aliphatic heterocycles. The van der Waals surface area contributed by atoms with E-state index in [1.54, 1.807) is 0 Å². The van der Waals surface area contributed by atoms with E-state index in [1.807, 2.05) is 47.4 Å². The number of halogens is 1. The summed E-state index contributed by atoms with van der Waals surface area (Å²) in [5.74, 6) is 0.317. The number of rotatable bonds is 5. The lowest BCUT2D eigenvalue weighted by Gasteiger charge is -2.40. The number of aliphatic imine (C=N–C) groups is 1. The summed E-state index contributed by atoms with van der Waals surface area (Å²) in [4.78, 5) is 19.9. The number of fused-ring (bicyclic) bond motifs is 1. The van der Waals surface area contributed by atoms with Gasteiger partial charge in [-0.1, -0.05) is 54.6 Å². The van der Waals surface area contributed by atoms with E-state index in [4.69, 9.17) is 9.73 Å². The molecule has 184 valence electrons. The van der Waals surface area contributed by atoms with Crippen LogP contribution in [0.15, 0.2) is 83.9 Å². The number of amides is 1. The van der Waals surface area contributed by atoms with E-state index < -0.39 is 0 Å². The number of carbonyl (C=O) groups is 1. The Balaban J connectivity index is 1.16. The molecule has 1 atom stereocenters. The van der Waals surface area contributed by atoms with Gasteiger partial charge in [0.25, 0.3) is 0 Å². The van der Waals surface area contributed by atoms with Crippen molar-refractivity contribution in [1.29, 1.82) is 0 Å². The zero-order valence-electron chi connectivity index (χ0n) is 20.4. The van der Waals surface area contributed by atoms with E-state index in [0.717, 1.165) is 54.8 Å². The average Bonchev–Trinajstić information content (AvgIpc) is 3.74. The van der Waals surface area contributed by atoms with Crippen LogP contribution in [0.4, 0.5) is 9.18 Å². The first kappa shape index (κ1) is 23.0. The molecule has 0 N–H and O–H groups in total. The first-order valence-corrected chi connectivity index (χ1v) is 13.0. The van der Waals surface area contributed by atoms with Crippen molar-refractivity contribution in [1.82, 2.24) is 4.90 Å². The molecule has 0 bridgehead atoms. The number of nitrogens with zero attached hydrogens (tertiary/aromatic N) is 2. The Hall–Kier alpha value is -3.47. The topological polar surface area (TPSA) is 41.9 Å². The Morgan fingerprint density at radius 2 is 1.64 bits per heavy atom. The molecule has 1 amide bonds. The van der Waals surface area contributed by atoms with Gasteiger partial charge in [-0.05, 0) is 78.8 Å². The summed E-state index contributed by atoms with van der Waals surface area (Å²) in [5.41, 5.74) is 5.64. The second-order valence-electron chi connectivity index (χ2n) is 10.4. The van der Waals surface area contributed by atoms with Gasteiger partial charge in [-0.2, -0.15) is 0 Å². The molecule has 0 radical (unpaired) electrons. The highest BCUT2D eigenvalue weighted by Crippen LogP contribution is 2.60. The van der Waals surface area contributed by atoms with Crippen molar-refractivity contribution in [2.45, 2.75) is 44.8 Å². The third-order valence-corrected chi connectivity index (χ3v) is 8.35. The Morgan fingerprint density at radius 3 is 2.36 bits per heavy atom. The van der Waals surface area contributed by atoms with Crippen molar-refractivity contribution in [3.63, 3.8) is 0 Å². The molecule has 4 nitrogen and oxygen atoms in total. The van der Waals surface area contributed by atoms with Crippen molar-refractivity contribution in [2.75, 3.05) is 13.1 Å². The summed E-state index contributed by atoms with van der Waals surface area (Å²) >= 11 is 0. The fraction of sp³-hybridized carbons (Fsp3) is 0.355. The fourth-order valence-corrected chi connectivity index (χ4v) is 6.18. The maximum atomic E-state index is 13.6. The standard InChI is InChI=1S/C31H31FN2O2/c32-26-12-10-23(11-13-26)29-27-9-5-4-8-24(27)20-28(33-29)31(16-17-31)25-14-18-34(19-15-25)30(35)36-21-22-6-2-1-3-7-22/h1-13,25,28H,14-21H2/t28-/m0/s1. The van der Waals surface area contributed by atoms with Gasteiger partial charge in [0, 0.05) is 24.2 Å². The third kappa shape index (κ3) is 4.43. The minimum absolute atomic E-state index is 0.193. The Kier molecular flexibility index (Phi) is 6.08. The highest BCUT2D eigenvalue weighted by Gasteiger charge is 2.55. The predicted molar refractivity (Wildman–Crippen MR) is 139 cm³/mol. The van der Waals surface area contributed by atoms with Crippen LogP contribution in [0.3, 0.4) is 0 Å². The maximum Gasteiger partial charge on any atom is 0.410 e. The predicted octanol–water partition coefficient (Wildman–Crippen LogP) is 6.42. The van der Waals surface area contributed by atoms with Crippen LogP contribution < -0.4 is 0 Å². The van der Waals surface area contributed by atoms with Gasteiger partial charge >= 0.3 is 6.09 Å². The van der Waals surface area contributed by atoms with Crippen LogP contribution in [0.1, 0.15) is 47.9 Å². The fourth-order valence-electron chi connectivity index (χ4n) is 6.18. The monoisotopic (exact) mass is 482 g/mol. The zero-order valence-corrected chi connectivity index (χ0v) is 20.4. The Morgan fingerprint density at radius 1 is 0.944 bits per heavy atom. The van der Waals surface area contributed by atoms with Crippen LogP contribution in [0.25, 0.3) is 0 Å². The molecule has 0 spiro atoms. The Labute approximate surface area is 211 Å². The van der Waals surface area contributed by atoms with E-state index in [9.17, 15) is 9.18 Å². The summed E-state index contributed by atoms with van der Waals surface area (Å²) < 4.78 is 19.2. The summed E-state index contributed by atoms with van der Waals surface area (Å²) in [7, 11) is 0. The highest BCUT2D eigenvalue weighted by atomic mass is 19.1. The van der Waals surface area contributed by atoms with Crippen molar-refractivity contribution in [3.8, 4) is 0 Å². The summed E-state index contributed by atoms with van der Waals surface area (Å²) in [6, 6.07) is 25.2. The molecule has 5 heteroatoms. The average molecular weight is 483 g/mol. The van der Waals surface area contributed by atoms with E-state index in [-0.39, 0.29) is 23.4 Å². The van der Waals surface area contributed by atoms with Crippen LogP contribution in [0.5, 0.6) is 0 Å². The number of piperidine rings is 1. The largest absolute Gasteiger partial charge is 0.445 e. The lowest BCUT2D eigenvalue weighted by Crippen LogP contribution is -2.43. The van der Waals surface area contributed by atoms with Gasteiger partial charge in [-0.3, -0.25) is 4.99 Å². The maximum absolute atomic E-state index is 13.6. The minimum Gasteiger partial charge on any atom is -0.445 e. The van der Waals surface area contributed by atoms with E-state index in [2.05, 4.69) is 24.3 Å². The normalized spacial score (nSPS) is 20.9. The first-order chi connectivity index (χ1) is 17.6. The van der Waals surface area contributed by atoms with E-state index in [1.165, 1.54) is 30.5 Å². The van der Waals surface area contributed by atoms with Gasteiger partial charge in [-0.15, -0.1) is 0 Å². The molecule has 3 aromatic carbocycles. The molecule has 3 aliphatic rings. The molecule has 0 aromatic heterocycles. The van der Waals surface area contributed by atoms with Crippen molar-refractivity contribution in [2.24, 2.45) is 16.3 Å². The number of benzene rings is 3. The summed E-state index contributed by atoms with van der Waals surface area (Å²) in [6.07, 6.45) is 5.07. The van der Waals surface area contributed by atoms with Gasteiger partial charge in [-0.25, -0.2) is 9.18 Å². The van der Waals surface area contributed by atoms with Crippen LogP contribution in [0, 0.1) is 17.2 Å². The quantitative estimate of drug-likeness (QED) is 0.421. The van der Waals surface area contributed by atoms with Gasteiger partial charge in [0.2, 0.25) is 0 Å². The first-order valence-electron chi connectivity index (χ1n) is 13.0. The molecule has 2 fully saturated rings.